The first-order valence-electron chi connectivity index (χ1n) is 7.28. The molecule has 0 amide bonds. The van der Waals surface area contributed by atoms with Crippen LogP contribution >= 0.6 is 0 Å². The Kier molecular flexibility index (Phi) is 3.38. The Hall–Kier alpha value is -1.62. The SMILES string of the molecule is Cc1cc(N(C)C2CC3CCC(C2)N3)ccc1[N+](=O)[O-]. The molecule has 2 aliphatic heterocycles. The minimum Gasteiger partial charge on any atom is -0.371 e. The molecule has 2 aliphatic rings. The van der Waals surface area contributed by atoms with Gasteiger partial charge in [-0.1, -0.05) is 0 Å². The van der Waals surface area contributed by atoms with Crippen molar-refractivity contribution in [2.24, 2.45) is 0 Å². The van der Waals surface area contributed by atoms with Gasteiger partial charge < -0.3 is 10.2 Å². The molecule has 2 unspecified atom stereocenters. The third-order valence-electron chi connectivity index (χ3n) is 4.78. The maximum Gasteiger partial charge on any atom is 0.272 e. The molecule has 0 aromatic heterocycles. The van der Waals surface area contributed by atoms with Crippen LogP contribution in [0.5, 0.6) is 0 Å². The number of piperidine rings is 1. The Morgan fingerprint density at radius 1 is 1.30 bits per heavy atom. The standard InChI is InChI=1S/C15H21N3O2/c1-10-7-13(5-6-15(10)18(19)20)17(2)14-8-11-3-4-12(9-14)16-11/h5-7,11-12,14,16H,3-4,8-9H2,1-2H3. The summed E-state index contributed by atoms with van der Waals surface area (Å²) in [5.74, 6) is 0. The molecule has 0 aliphatic carbocycles. The highest BCUT2D eigenvalue weighted by Gasteiger charge is 2.35. The average Bonchev–Trinajstić information content (AvgIpc) is 2.76. The van der Waals surface area contributed by atoms with Crippen molar-refractivity contribution in [3.8, 4) is 0 Å². The van der Waals surface area contributed by atoms with Crippen LogP contribution in [0.25, 0.3) is 0 Å². The van der Waals surface area contributed by atoms with Crippen LogP contribution in [0.15, 0.2) is 18.2 Å². The summed E-state index contributed by atoms with van der Waals surface area (Å²) in [4.78, 5) is 12.9. The second-order valence-electron chi connectivity index (χ2n) is 6.10. The maximum atomic E-state index is 10.9. The van der Waals surface area contributed by atoms with Crippen molar-refractivity contribution in [3.63, 3.8) is 0 Å². The van der Waals surface area contributed by atoms with Gasteiger partial charge in [-0.05, 0) is 44.7 Å². The number of nitrogens with zero attached hydrogens (tertiary/aromatic N) is 2. The Morgan fingerprint density at radius 3 is 2.50 bits per heavy atom. The number of fused-ring (bicyclic) bond motifs is 2. The molecule has 5 heteroatoms. The molecule has 2 bridgehead atoms. The molecule has 2 heterocycles. The lowest BCUT2D eigenvalue weighted by atomic mass is 9.98. The predicted octanol–water partition coefficient (Wildman–Crippen LogP) is 2.62. The quantitative estimate of drug-likeness (QED) is 0.680. The zero-order valence-corrected chi connectivity index (χ0v) is 12.0. The van der Waals surface area contributed by atoms with E-state index in [0.29, 0.717) is 18.1 Å². The Labute approximate surface area is 119 Å². The number of aryl methyl sites for hydroxylation is 1. The van der Waals surface area contributed by atoms with Crippen molar-refractivity contribution in [2.45, 2.75) is 50.7 Å². The number of benzene rings is 1. The van der Waals surface area contributed by atoms with Gasteiger partial charge in [0.25, 0.3) is 5.69 Å². The fourth-order valence-electron chi connectivity index (χ4n) is 3.62. The highest BCUT2D eigenvalue weighted by atomic mass is 16.6. The Morgan fingerprint density at radius 2 is 1.95 bits per heavy atom. The van der Waals surface area contributed by atoms with Crippen LogP contribution in [0.3, 0.4) is 0 Å². The molecule has 5 nitrogen and oxygen atoms in total. The molecular formula is C15H21N3O2. The van der Waals surface area contributed by atoms with Crippen LogP contribution in [0, 0.1) is 17.0 Å². The first-order chi connectivity index (χ1) is 9.54. The number of anilines is 1. The van der Waals surface area contributed by atoms with Gasteiger partial charge in [0.05, 0.1) is 4.92 Å². The predicted molar refractivity (Wildman–Crippen MR) is 79.2 cm³/mol. The molecule has 0 radical (unpaired) electrons. The van der Waals surface area contributed by atoms with Crippen LogP contribution in [0.4, 0.5) is 11.4 Å². The molecule has 0 spiro atoms. The lowest BCUT2D eigenvalue weighted by Crippen LogP contribution is -2.47. The van der Waals surface area contributed by atoms with Crippen LogP contribution in [-0.4, -0.2) is 30.1 Å². The van der Waals surface area contributed by atoms with Gasteiger partial charge in [-0.2, -0.15) is 0 Å². The van der Waals surface area contributed by atoms with E-state index in [1.165, 1.54) is 25.7 Å². The summed E-state index contributed by atoms with van der Waals surface area (Å²) in [6.45, 7) is 1.81. The second-order valence-corrected chi connectivity index (χ2v) is 6.10. The van der Waals surface area contributed by atoms with E-state index in [1.54, 1.807) is 6.07 Å². The highest BCUT2D eigenvalue weighted by Crippen LogP contribution is 2.32. The minimum atomic E-state index is -0.316. The fourth-order valence-corrected chi connectivity index (χ4v) is 3.62. The first-order valence-corrected chi connectivity index (χ1v) is 7.28. The first kappa shape index (κ1) is 13.4. The Balaban J connectivity index is 1.78. The summed E-state index contributed by atoms with van der Waals surface area (Å²) in [5, 5.41) is 14.5. The second kappa shape index (κ2) is 5.05. The summed E-state index contributed by atoms with van der Waals surface area (Å²) < 4.78 is 0. The molecule has 0 saturated carbocycles. The van der Waals surface area contributed by atoms with Crippen molar-refractivity contribution in [1.82, 2.24) is 5.32 Å². The maximum absolute atomic E-state index is 10.9. The molecule has 20 heavy (non-hydrogen) atoms. The van der Waals surface area contributed by atoms with E-state index < -0.39 is 0 Å². The number of hydrogen-bond acceptors (Lipinski definition) is 4. The monoisotopic (exact) mass is 275 g/mol. The summed E-state index contributed by atoms with van der Waals surface area (Å²) in [5.41, 5.74) is 2.02. The van der Waals surface area contributed by atoms with Gasteiger partial charge in [-0.25, -0.2) is 0 Å². The van der Waals surface area contributed by atoms with Gasteiger partial charge >= 0.3 is 0 Å². The lowest BCUT2D eigenvalue weighted by Gasteiger charge is -2.37. The summed E-state index contributed by atoms with van der Waals surface area (Å²) >= 11 is 0. The zero-order chi connectivity index (χ0) is 14.3. The van der Waals surface area contributed by atoms with Gasteiger partial charge in [0, 0.05) is 42.5 Å². The van der Waals surface area contributed by atoms with Crippen LogP contribution in [0.2, 0.25) is 0 Å². The van der Waals surface area contributed by atoms with E-state index in [-0.39, 0.29) is 10.6 Å². The molecule has 1 aromatic carbocycles. The summed E-state index contributed by atoms with van der Waals surface area (Å²) in [6.07, 6.45) is 4.91. The number of rotatable bonds is 3. The number of nitrogens with one attached hydrogen (secondary N) is 1. The van der Waals surface area contributed by atoms with E-state index in [9.17, 15) is 10.1 Å². The molecular weight excluding hydrogens is 254 g/mol. The van der Waals surface area contributed by atoms with E-state index in [1.807, 2.05) is 19.1 Å². The van der Waals surface area contributed by atoms with Crippen molar-refractivity contribution in [1.29, 1.82) is 0 Å². The van der Waals surface area contributed by atoms with Gasteiger partial charge in [0.15, 0.2) is 0 Å². The third-order valence-corrected chi connectivity index (χ3v) is 4.78. The van der Waals surface area contributed by atoms with Gasteiger partial charge in [0.2, 0.25) is 0 Å². The minimum absolute atomic E-state index is 0.201. The van der Waals surface area contributed by atoms with E-state index >= 15 is 0 Å². The van der Waals surface area contributed by atoms with Crippen LogP contribution in [-0.2, 0) is 0 Å². The van der Waals surface area contributed by atoms with Crippen molar-refractivity contribution in [2.75, 3.05) is 11.9 Å². The van der Waals surface area contributed by atoms with Gasteiger partial charge in [-0.15, -0.1) is 0 Å². The zero-order valence-electron chi connectivity index (χ0n) is 12.0. The van der Waals surface area contributed by atoms with Crippen molar-refractivity contribution in [3.05, 3.63) is 33.9 Å². The van der Waals surface area contributed by atoms with Crippen LogP contribution in [0.1, 0.15) is 31.2 Å². The van der Waals surface area contributed by atoms with Gasteiger partial charge in [-0.3, -0.25) is 10.1 Å². The number of nitro groups is 1. The molecule has 2 fully saturated rings. The molecule has 108 valence electrons. The van der Waals surface area contributed by atoms with Crippen molar-refractivity contribution >= 4 is 11.4 Å². The summed E-state index contributed by atoms with van der Waals surface area (Å²) in [7, 11) is 2.11. The molecule has 2 saturated heterocycles. The van der Waals surface area contributed by atoms with Crippen LogP contribution < -0.4 is 10.2 Å². The summed E-state index contributed by atoms with van der Waals surface area (Å²) in [6, 6.07) is 7.27. The fraction of sp³-hybridized carbons (Fsp3) is 0.600. The lowest BCUT2D eigenvalue weighted by molar-refractivity contribution is -0.385. The van der Waals surface area contributed by atoms with E-state index in [4.69, 9.17) is 0 Å². The van der Waals surface area contributed by atoms with E-state index in [0.717, 1.165) is 11.3 Å². The van der Waals surface area contributed by atoms with E-state index in [2.05, 4.69) is 17.3 Å². The molecule has 1 aromatic rings. The normalized spacial score (nSPS) is 28.4. The molecule has 1 N–H and O–H groups in total. The molecule has 3 rings (SSSR count). The largest absolute Gasteiger partial charge is 0.371 e. The Bertz CT molecular complexity index is 520. The number of hydrogen-bond donors (Lipinski definition) is 1. The molecule has 2 atom stereocenters. The smallest absolute Gasteiger partial charge is 0.272 e. The van der Waals surface area contributed by atoms with Gasteiger partial charge in [0.1, 0.15) is 0 Å². The topological polar surface area (TPSA) is 58.4 Å². The average molecular weight is 275 g/mol. The highest BCUT2D eigenvalue weighted by molar-refractivity contribution is 5.55. The van der Waals surface area contributed by atoms with Crippen molar-refractivity contribution < 1.29 is 4.92 Å². The number of nitro benzene ring substituents is 1. The third kappa shape index (κ3) is 2.38.